The Morgan fingerprint density at radius 1 is 0.531 bits per heavy atom. The maximum atomic E-state index is 13.4. The van der Waals surface area contributed by atoms with Gasteiger partial charge in [-0.05, 0) is 92.7 Å². The van der Waals surface area contributed by atoms with Crippen LogP contribution in [0.4, 0.5) is 0 Å². The molecule has 1 aliphatic rings. The molecule has 1 fully saturated rings. The van der Waals surface area contributed by atoms with Crippen molar-refractivity contribution in [3.05, 3.63) is 169 Å². The van der Waals surface area contributed by atoms with Crippen LogP contribution in [0.15, 0.2) is 119 Å². The van der Waals surface area contributed by atoms with Crippen LogP contribution in [0.2, 0.25) is 0 Å². The monoisotopic (exact) mass is 826 g/mol. The van der Waals surface area contributed by atoms with E-state index in [0.717, 1.165) is 11.1 Å². The van der Waals surface area contributed by atoms with Gasteiger partial charge in [0.2, 0.25) is 20.0 Å². The number of hydrogen-bond acceptors (Lipinski definition) is 4. The molecule has 49 heavy (non-hydrogen) atoms. The topological polar surface area (TPSA) is 92.3 Å². The quantitative estimate of drug-likeness (QED) is 0.156. The zero-order chi connectivity index (χ0) is 36.0. The molecule has 0 amide bonds. The number of nitrogens with one attached hydrogen (secondary N) is 2. The third-order valence-corrected chi connectivity index (χ3v) is 10.5. The van der Waals surface area contributed by atoms with E-state index in [1.165, 1.54) is 36.1 Å². The summed E-state index contributed by atoms with van der Waals surface area (Å²) in [5.41, 5.74) is 3.10. The first-order chi connectivity index (χ1) is 23.3. The molecule has 1 saturated carbocycles. The van der Waals surface area contributed by atoms with E-state index >= 15 is 0 Å². The van der Waals surface area contributed by atoms with Crippen molar-refractivity contribution in [3.8, 4) is 0 Å². The fraction of sp³-hybridized carbons (Fsp3) is 0.211. The Balaban J connectivity index is 0.000000421. The molecule has 4 aromatic rings. The average Bonchev–Trinajstić information content (AvgIpc) is 3.08. The molecular weight excluding hydrogens is 785 g/mol. The molecular formula is C38H42Cl2N2O4RuS2. The van der Waals surface area contributed by atoms with Crippen LogP contribution in [0.5, 0.6) is 0 Å². The van der Waals surface area contributed by atoms with Crippen LogP contribution in [-0.4, -0.2) is 16.8 Å². The zero-order valence-electron chi connectivity index (χ0n) is 28.0. The first-order valence-corrected chi connectivity index (χ1v) is 22.9. The third kappa shape index (κ3) is 13.2. The van der Waals surface area contributed by atoms with Gasteiger partial charge in [-0.3, -0.25) is 0 Å². The average molecular weight is 827 g/mol. The molecule has 11 heteroatoms. The standard InChI is InChI=1S/C28H28N2O4S2.C10H14.2ClH.Ru/c1-21-13-17-25(18-14-21)35(31,32)29-27(23-9-5-3-6-10-23)28(24-11-7-4-8-12-24)30-36(33,34)26-19-15-22(2)16-20-26;1-8(2)10-6-4-9(3)5-7-10;;;/h3-20,27-30H,1-2H3;4-8H,1-3H3;2*1H;/q;;;;+2/p-2/t27-,28-;;;;/m0..../s1. The van der Waals surface area contributed by atoms with Crippen LogP contribution < -0.4 is 9.44 Å². The molecule has 2 N–H and O–H groups in total. The van der Waals surface area contributed by atoms with E-state index in [9.17, 15) is 16.8 Å². The van der Waals surface area contributed by atoms with Gasteiger partial charge in [-0.15, -0.1) is 0 Å². The van der Waals surface area contributed by atoms with Crippen LogP contribution in [0, 0.1) is 57.3 Å². The Bertz CT molecular complexity index is 1630. The molecule has 0 spiro atoms. The van der Waals surface area contributed by atoms with Crippen molar-refractivity contribution in [2.75, 3.05) is 0 Å². The fourth-order valence-corrected chi connectivity index (χ4v) is 7.31. The third-order valence-electron chi connectivity index (χ3n) is 7.62. The van der Waals surface area contributed by atoms with Gasteiger partial charge in [0.25, 0.3) is 0 Å². The maximum absolute atomic E-state index is 13.4. The summed E-state index contributed by atoms with van der Waals surface area (Å²) in [7, 11) is 1.73. The molecule has 0 aromatic heterocycles. The molecule has 5 rings (SSSR count). The number of sulfonamides is 2. The molecule has 1 aliphatic carbocycles. The van der Waals surface area contributed by atoms with Crippen LogP contribution >= 0.6 is 19.4 Å². The van der Waals surface area contributed by atoms with Crippen molar-refractivity contribution in [1.29, 1.82) is 0 Å². The van der Waals surface area contributed by atoms with E-state index in [-0.39, 0.29) is 24.9 Å². The Kier molecular flexibility index (Phi) is 16.9. The van der Waals surface area contributed by atoms with E-state index in [4.69, 9.17) is 19.4 Å². The molecule has 6 radical (unpaired) electrons. The molecule has 6 nitrogen and oxygen atoms in total. The van der Waals surface area contributed by atoms with Crippen molar-refractivity contribution in [2.45, 2.75) is 56.5 Å². The second kappa shape index (κ2) is 20.1. The predicted molar refractivity (Wildman–Crippen MR) is 197 cm³/mol. The van der Waals surface area contributed by atoms with E-state index in [0.29, 0.717) is 17.0 Å². The van der Waals surface area contributed by atoms with Crippen molar-refractivity contribution in [3.63, 3.8) is 0 Å². The summed E-state index contributed by atoms with van der Waals surface area (Å²) < 4.78 is 59.3. The van der Waals surface area contributed by atoms with Crippen molar-refractivity contribution in [2.24, 2.45) is 5.92 Å². The molecule has 0 bridgehead atoms. The zero-order valence-corrected chi connectivity index (χ0v) is 32.9. The number of halogens is 2. The molecule has 0 aliphatic heterocycles. The summed E-state index contributed by atoms with van der Waals surface area (Å²) in [5, 5.41) is 0. The molecule has 0 heterocycles. The van der Waals surface area contributed by atoms with Gasteiger partial charge < -0.3 is 0 Å². The summed E-state index contributed by atoms with van der Waals surface area (Å²) in [5.74, 6) is 3.41. The summed E-state index contributed by atoms with van der Waals surface area (Å²) >= 11 is -0.346. The van der Waals surface area contributed by atoms with E-state index < -0.39 is 32.1 Å². The van der Waals surface area contributed by atoms with Gasteiger partial charge in [0.1, 0.15) is 0 Å². The van der Waals surface area contributed by atoms with Gasteiger partial charge in [-0.2, -0.15) is 0 Å². The molecule has 4 aromatic carbocycles. The first kappa shape index (κ1) is 41.3. The Morgan fingerprint density at radius 2 is 0.857 bits per heavy atom. The Labute approximate surface area is 310 Å². The molecule has 0 unspecified atom stereocenters. The summed E-state index contributed by atoms with van der Waals surface area (Å²) in [4.78, 5) is 0.199. The Morgan fingerprint density at radius 3 is 1.16 bits per heavy atom. The normalized spacial score (nSPS) is 15.4. The first-order valence-electron chi connectivity index (χ1n) is 15.5. The minimum absolute atomic E-state index is 0.0993. The van der Waals surface area contributed by atoms with Crippen molar-refractivity contribution in [1.82, 2.24) is 9.44 Å². The number of hydrogen-bond donors (Lipinski definition) is 2. The number of aryl methyl sites for hydroxylation is 2. The van der Waals surface area contributed by atoms with Gasteiger partial charge in [0.05, 0.1) is 21.9 Å². The Hall–Kier alpha value is -2.10. The van der Waals surface area contributed by atoms with Crippen LogP contribution in [-0.2, 0) is 35.2 Å². The van der Waals surface area contributed by atoms with E-state index in [1.807, 2.05) is 26.0 Å². The summed E-state index contributed by atoms with van der Waals surface area (Å²) in [6, 6.07) is 29.1. The number of benzene rings is 4. The van der Waals surface area contributed by atoms with Crippen LogP contribution in [0.1, 0.15) is 55.1 Å². The van der Waals surface area contributed by atoms with Gasteiger partial charge >= 0.3 is 34.5 Å². The predicted octanol–water partition coefficient (Wildman–Crippen LogP) is 9.06. The van der Waals surface area contributed by atoms with Crippen LogP contribution in [0.25, 0.3) is 0 Å². The van der Waals surface area contributed by atoms with Gasteiger partial charge in [0, 0.05) is 0 Å². The van der Waals surface area contributed by atoms with Crippen molar-refractivity contribution < 1.29 is 32.0 Å². The van der Waals surface area contributed by atoms with Gasteiger partial charge in [0.15, 0.2) is 0 Å². The fourth-order valence-electron chi connectivity index (χ4n) is 4.83. The molecule has 0 saturated heterocycles. The summed E-state index contributed by atoms with van der Waals surface area (Å²) in [6.45, 7) is 10.3. The van der Waals surface area contributed by atoms with Crippen LogP contribution in [0.3, 0.4) is 0 Å². The summed E-state index contributed by atoms with van der Waals surface area (Å²) in [6.07, 6.45) is 8.71. The second-order valence-electron chi connectivity index (χ2n) is 11.8. The van der Waals surface area contributed by atoms with Gasteiger partial charge in [-0.25, -0.2) is 26.3 Å². The van der Waals surface area contributed by atoms with Crippen molar-refractivity contribution >= 4 is 39.4 Å². The van der Waals surface area contributed by atoms with Gasteiger partial charge in [-0.1, -0.05) is 117 Å². The second-order valence-corrected chi connectivity index (χ2v) is 17.8. The molecule has 262 valence electrons. The SMILES string of the molecule is C[C]1[CH][CH][C](C(C)C)[CH][CH]1.Cc1ccc(S(=O)(=O)N[C@@H](c2ccccc2)[C@@H](NS(=O)(=O)c2ccc(C)cc2)c2ccccc2)cc1.[Cl][Ru][Cl]. The molecule has 2 atom stereocenters. The van der Waals surface area contributed by atoms with E-state index in [1.54, 1.807) is 72.8 Å². The number of rotatable bonds is 10. The van der Waals surface area contributed by atoms with E-state index in [2.05, 4.69) is 55.9 Å². The minimum atomic E-state index is -3.99.